The van der Waals surface area contributed by atoms with Crippen molar-refractivity contribution in [2.75, 3.05) is 0 Å². The van der Waals surface area contributed by atoms with Gasteiger partial charge in [0, 0.05) is 0 Å². The number of amidine groups is 1. The average Bonchev–Trinajstić information content (AvgIpc) is 3.14. The molecule has 0 heterocycles. The second-order valence-electron chi connectivity index (χ2n) is 4.69. The fourth-order valence-corrected chi connectivity index (χ4v) is 2.10. The highest BCUT2D eigenvalue weighted by atomic mass is 15.0. The zero-order valence-corrected chi connectivity index (χ0v) is 8.82. The van der Waals surface area contributed by atoms with Crippen LogP contribution in [0.25, 0.3) is 0 Å². The van der Waals surface area contributed by atoms with E-state index in [2.05, 4.69) is 29.3 Å². The highest BCUT2D eigenvalue weighted by Crippen LogP contribution is 2.48. The van der Waals surface area contributed by atoms with E-state index in [1.54, 1.807) is 0 Å². The maximum atomic E-state index is 6.14. The molecule has 0 aromatic heterocycles. The molecule has 2 N–H and O–H groups in total. The first-order chi connectivity index (χ1) is 7.31. The van der Waals surface area contributed by atoms with Crippen molar-refractivity contribution in [1.82, 2.24) is 0 Å². The lowest BCUT2D eigenvalue weighted by molar-refractivity contribution is 0.903. The van der Waals surface area contributed by atoms with Crippen molar-refractivity contribution >= 4 is 5.84 Å². The van der Waals surface area contributed by atoms with E-state index in [9.17, 15) is 0 Å². The Morgan fingerprint density at radius 2 is 1.87 bits per heavy atom. The summed E-state index contributed by atoms with van der Waals surface area (Å²) in [6.07, 6.45) is 4.79. The fourth-order valence-electron chi connectivity index (χ4n) is 2.10. The van der Waals surface area contributed by atoms with E-state index in [0.717, 1.165) is 5.84 Å². The summed E-state index contributed by atoms with van der Waals surface area (Å²) in [5, 5.41) is 0. The normalized spacial score (nSPS) is 23.9. The van der Waals surface area contributed by atoms with Gasteiger partial charge < -0.3 is 5.73 Å². The van der Waals surface area contributed by atoms with Gasteiger partial charge in [-0.25, -0.2) is 0 Å². The molecule has 2 aliphatic carbocycles. The standard InChI is InChI=1S/C13H16N2/c14-12(15-11-6-7-11)13(8-9-13)10-4-2-1-3-5-10/h1-5,11H,6-9H2,(H2,14,15). The molecule has 0 unspecified atom stereocenters. The summed E-state index contributed by atoms with van der Waals surface area (Å²) >= 11 is 0. The van der Waals surface area contributed by atoms with Crippen molar-refractivity contribution in [2.45, 2.75) is 37.1 Å². The molecular weight excluding hydrogens is 184 g/mol. The van der Waals surface area contributed by atoms with Crippen LogP contribution in [0.15, 0.2) is 35.3 Å². The smallest absolute Gasteiger partial charge is 0.105 e. The maximum absolute atomic E-state index is 6.14. The van der Waals surface area contributed by atoms with Crippen molar-refractivity contribution in [3.8, 4) is 0 Å². The van der Waals surface area contributed by atoms with E-state index in [4.69, 9.17) is 5.73 Å². The lowest BCUT2D eigenvalue weighted by atomic mass is 9.95. The Kier molecular flexibility index (Phi) is 1.84. The number of benzene rings is 1. The van der Waals surface area contributed by atoms with Gasteiger partial charge in [-0.05, 0) is 31.2 Å². The SMILES string of the molecule is NC(=NC1CC1)C1(c2ccccc2)CC1. The van der Waals surface area contributed by atoms with Crippen LogP contribution >= 0.6 is 0 Å². The van der Waals surface area contributed by atoms with Crippen LogP contribution in [0.4, 0.5) is 0 Å². The lowest BCUT2D eigenvalue weighted by Gasteiger charge is -2.15. The van der Waals surface area contributed by atoms with E-state index in [-0.39, 0.29) is 5.41 Å². The van der Waals surface area contributed by atoms with Crippen LogP contribution in [0.3, 0.4) is 0 Å². The molecule has 0 bridgehead atoms. The van der Waals surface area contributed by atoms with Crippen molar-refractivity contribution in [3.63, 3.8) is 0 Å². The van der Waals surface area contributed by atoms with Gasteiger partial charge >= 0.3 is 0 Å². The number of rotatable bonds is 3. The predicted octanol–water partition coefficient (Wildman–Crippen LogP) is 2.24. The monoisotopic (exact) mass is 200 g/mol. The largest absolute Gasteiger partial charge is 0.387 e. The molecule has 1 aromatic rings. The summed E-state index contributed by atoms with van der Waals surface area (Å²) < 4.78 is 0. The van der Waals surface area contributed by atoms with E-state index >= 15 is 0 Å². The van der Waals surface area contributed by atoms with Crippen LogP contribution in [0, 0.1) is 0 Å². The van der Waals surface area contributed by atoms with Gasteiger partial charge in [-0.1, -0.05) is 30.3 Å². The molecule has 2 nitrogen and oxygen atoms in total. The van der Waals surface area contributed by atoms with Crippen molar-refractivity contribution in [3.05, 3.63) is 35.9 Å². The highest BCUT2D eigenvalue weighted by molar-refractivity contribution is 5.94. The highest BCUT2D eigenvalue weighted by Gasteiger charge is 2.48. The topological polar surface area (TPSA) is 38.4 Å². The van der Waals surface area contributed by atoms with Gasteiger partial charge in [0.1, 0.15) is 5.84 Å². The van der Waals surface area contributed by atoms with Gasteiger partial charge in [0.15, 0.2) is 0 Å². The van der Waals surface area contributed by atoms with Crippen molar-refractivity contribution in [1.29, 1.82) is 0 Å². The van der Waals surface area contributed by atoms with Crippen LogP contribution in [0.1, 0.15) is 31.2 Å². The van der Waals surface area contributed by atoms with E-state index < -0.39 is 0 Å². The van der Waals surface area contributed by atoms with Gasteiger partial charge in [0.2, 0.25) is 0 Å². The average molecular weight is 200 g/mol. The number of aliphatic imine (C=N–C) groups is 1. The molecule has 0 atom stereocenters. The molecule has 0 spiro atoms. The number of nitrogens with zero attached hydrogens (tertiary/aromatic N) is 1. The van der Waals surface area contributed by atoms with E-state index in [1.165, 1.54) is 31.2 Å². The minimum absolute atomic E-state index is 0.101. The quantitative estimate of drug-likeness (QED) is 0.589. The third kappa shape index (κ3) is 1.54. The Labute approximate surface area is 90.2 Å². The summed E-state index contributed by atoms with van der Waals surface area (Å²) in [6.45, 7) is 0. The first kappa shape index (κ1) is 8.96. The molecule has 78 valence electrons. The molecule has 2 aliphatic rings. The zero-order valence-electron chi connectivity index (χ0n) is 8.82. The van der Waals surface area contributed by atoms with Crippen LogP contribution in [0.5, 0.6) is 0 Å². The van der Waals surface area contributed by atoms with Crippen LogP contribution < -0.4 is 5.73 Å². The van der Waals surface area contributed by atoms with Crippen LogP contribution in [-0.2, 0) is 5.41 Å². The Hall–Kier alpha value is -1.31. The molecule has 0 amide bonds. The van der Waals surface area contributed by atoms with Gasteiger partial charge in [0.25, 0.3) is 0 Å². The summed E-state index contributed by atoms with van der Waals surface area (Å²) in [6, 6.07) is 11.1. The molecule has 15 heavy (non-hydrogen) atoms. The molecule has 3 rings (SSSR count). The summed E-state index contributed by atoms with van der Waals surface area (Å²) in [4.78, 5) is 4.59. The molecule has 2 saturated carbocycles. The van der Waals surface area contributed by atoms with Crippen molar-refractivity contribution in [2.24, 2.45) is 10.7 Å². The number of hydrogen-bond donors (Lipinski definition) is 1. The predicted molar refractivity (Wildman–Crippen MR) is 62.0 cm³/mol. The third-order valence-corrected chi connectivity index (χ3v) is 3.44. The Balaban J connectivity index is 1.90. The molecule has 2 heteroatoms. The minimum Gasteiger partial charge on any atom is -0.387 e. The minimum atomic E-state index is 0.101. The van der Waals surface area contributed by atoms with E-state index in [0.29, 0.717) is 6.04 Å². The molecule has 2 fully saturated rings. The Morgan fingerprint density at radius 1 is 1.20 bits per heavy atom. The zero-order chi connectivity index (χ0) is 10.3. The Bertz CT molecular complexity index is 386. The number of nitrogens with two attached hydrogens (primary N) is 1. The Morgan fingerprint density at radius 3 is 2.40 bits per heavy atom. The molecular formula is C13H16N2. The number of hydrogen-bond acceptors (Lipinski definition) is 1. The lowest BCUT2D eigenvalue weighted by Crippen LogP contribution is -2.29. The molecule has 0 aliphatic heterocycles. The second-order valence-corrected chi connectivity index (χ2v) is 4.69. The first-order valence-electron chi connectivity index (χ1n) is 5.70. The summed E-state index contributed by atoms with van der Waals surface area (Å²) in [5.74, 6) is 0.871. The van der Waals surface area contributed by atoms with Crippen LogP contribution in [-0.4, -0.2) is 11.9 Å². The van der Waals surface area contributed by atoms with Gasteiger partial charge in [0.05, 0.1) is 11.5 Å². The second kappa shape index (κ2) is 3.09. The van der Waals surface area contributed by atoms with Crippen molar-refractivity contribution < 1.29 is 0 Å². The summed E-state index contributed by atoms with van der Waals surface area (Å²) in [5.41, 5.74) is 7.58. The first-order valence-corrected chi connectivity index (χ1v) is 5.70. The fraction of sp³-hybridized carbons (Fsp3) is 0.462. The van der Waals surface area contributed by atoms with Crippen LogP contribution in [0.2, 0.25) is 0 Å². The summed E-state index contributed by atoms with van der Waals surface area (Å²) in [7, 11) is 0. The van der Waals surface area contributed by atoms with E-state index in [1.807, 2.05) is 6.07 Å². The molecule has 0 radical (unpaired) electrons. The van der Waals surface area contributed by atoms with Gasteiger partial charge in [-0.15, -0.1) is 0 Å². The maximum Gasteiger partial charge on any atom is 0.105 e. The molecule has 1 aromatic carbocycles. The molecule has 0 saturated heterocycles. The third-order valence-electron chi connectivity index (χ3n) is 3.44. The van der Waals surface area contributed by atoms with Gasteiger partial charge in [-0.3, -0.25) is 4.99 Å². The van der Waals surface area contributed by atoms with Gasteiger partial charge in [-0.2, -0.15) is 0 Å².